The van der Waals surface area contributed by atoms with Crippen LogP contribution in [0.2, 0.25) is 5.02 Å². The third-order valence-electron chi connectivity index (χ3n) is 3.37. The Balaban J connectivity index is 1.73. The molecular formula is C18H15ClN2OS. The molecule has 0 saturated heterocycles. The normalized spacial score (nSPS) is 10.5. The van der Waals surface area contributed by atoms with E-state index in [0.717, 1.165) is 21.7 Å². The van der Waals surface area contributed by atoms with Crippen LogP contribution in [0.15, 0.2) is 54.6 Å². The van der Waals surface area contributed by atoms with Gasteiger partial charge in [-0.3, -0.25) is 4.79 Å². The number of hydrogen-bond acceptors (Lipinski definition) is 3. The lowest BCUT2D eigenvalue weighted by atomic mass is 10.1. The molecule has 3 nitrogen and oxygen atoms in total. The molecule has 0 aliphatic heterocycles. The maximum absolute atomic E-state index is 12.1. The Hall–Kier alpha value is -2.17. The maximum Gasteiger partial charge on any atom is 0.230 e. The van der Waals surface area contributed by atoms with Crippen molar-refractivity contribution in [1.29, 1.82) is 0 Å². The smallest absolute Gasteiger partial charge is 0.230 e. The third-order valence-corrected chi connectivity index (χ3v) is 4.51. The van der Waals surface area contributed by atoms with Gasteiger partial charge >= 0.3 is 0 Å². The van der Waals surface area contributed by atoms with E-state index in [1.54, 1.807) is 0 Å². The lowest BCUT2D eigenvalue weighted by Crippen LogP contribution is -2.14. The SMILES string of the molecule is Cc1sc(NC(=O)Cc2ccccc2)nc1-c1ccc(Cl)cc1. The Bertz CT molecular complexity index is 813. The minimum atomic E-state index is -0.0624. The Kier molecular flexibility index (Phi) is 4.74. The van der Waals surface area contributed by atoms with Gasteiger partial charge in [-0.05, 0) is 24.6 Å². The van der Waals surface area contributed by atoms with Gasteiger partial charge in [0, 0.05) is 15.5 Å². The second-order valence-corrected chi connectivity index (χ2v) is 6.78. The number of amides is 1. The summed E-state index contributed by atoms with van der Waals surface area (Å²) in [6.07, 6.45) is 0.343. The van der Waals surface area contributed by atoms with Crippen LogP contribution in [0.3, 0.4) is 0 Å². The summed E-state index contributed by atoms with van der Waals surface area (Å²) in [6.45, 7) is 1.99. The molecule has 0 aliphatic carbocycles. The minimum absolute atomic E-state index is 0.0624. The van der Waals surface area contributed by atoms with Crippen molar-refractivity contribution in [2.75, 3.05) is 5.32 Å². The van der Waals surface area contributed by atoms with Crippen LogP contribution in [0.4, 0.5) is 5.13 Å². The Morgan fingerprint density at radius 1 is 1.13 bits per heavy atom. The van der Waals surface area contributed by atoms with E-state index in [4.69, 9.17) is 11.6 Å². The Morgan fingerprint density at radius 2 is 1.83 bits per heavy atom. The highest BCUT2D eigenvalue weighted by molar-refractivity contribution is 7.16. The number of carbonyl (C=O) groups excluding carboxylic acids is 1. The topological polar surface area (TPSA) is 42.0 Å². The van der Waals surface area contributed by atoms with Gasteiger partial charge in [0.25, 0.3) is 0 Å². The lowest BCUT2D eigenvalue weighted by molar-refractivity contribution is -0.115. The van der Waals surface area contributed by atoms with Crippen LogP contribution in [0.1, 0.15) is 10.4 Å². The summed E-state index contributed by atoms with van der Waals surface area (Å²) in [5.41, 5.74) is 2.85. The molecule has 0 aliphatic rings. The number of nitrogens with zero attached hydrogens (tertiary/aromatic N) is 1. The van der Waals surface area contributed by atoms with Crippen LogP contribution in [0.25, 0.3) is 11.3 Å². The van der Waals surface area contributed by atoms with E-state index in [9.17, 15) is 4.79 Å². The van der Waals surface area contributed by atoms with Crippen LogP contribution in [0, 0.1) is 6.92 Å². The van der Waals surface area contributed by atoms with Gasteiger partial charge in [-0.15, -0.1) is 11.3 Å². The molecule has 1 aromatic heterocycles. The van der Waals surface area contributed by atoms with Gasteiger partial charge in [-0.1, -0.05) is 54.1 Å². The van der Waals surface area contributed by atoms with Crippen molar-refractivity contribution in [1.82, 2.24) is 4.98 Å². The first kappa shape index (κ1) is 15.7. The highest BCUT2D eigenvalue weighted by Crippen LogP contribution is 2.31. The fourth-order valence-electron chi connectivity index (χ4n) is 2.27. The van der Waals surface area contributed by atoms with E-state index < -0.39 is 0 Å². The maximum atomic E-state index is 12.1. The largest absolute Gasteiger partial charge is 0.302 e. The zero-order valence-electron chi connectivity index (χ0n) is 12.5. The number of anilines is 1. The molecule has 116 valence electrons. The molecule has 0 spiro atoms. The molecule has 5 heteroatoms. The Labute approximate surface area is 144 Å². The molecule has 0 unspecified atom stereocenters. The Morgan fingerprint density at radius 3 is 2.52 bits per heavy atom. The van der Waals surface area contributed by atoms with Crippen molar-refractivity contribution >= 4 is 34.0 Å². The van der Waals surface area contributed by atoms with Crippen molar-refractivity contribution in [3.63, 3.8) is 0 Å². The van der Waals surface area contributed by atoms with Crippen molar-refractivity contribution in [2.24, 2.45) is 0 Å². The molecule has 1 heterocycles. The summed E-state index contributed by atoms with van der Waals surface area (Å²) in [6, 6.07) is 17.2. The number of nitrogens with one attached hydrogen (secondary N) is 1. The number of carbonyl (C=O) groups is 1. The minimum Gasteiger partial charge on any atom is -0.302 e. The number of rotatable bonds is 4. The average molecular weight is 343 g/mol. The number of aryl methyl sites for hydroxylation is 1. The van der Waals surface area contributed by atoms with Crippen LogP contribution in [-0.2, 0) is 11.2 Å². The quantitative estimate of drug-likeness (QED) is 0.728. The number of hydrogen-bond donors (Lipinski definition) is 1. The van der Waals surface area contributed by atoms with Crippen molar-refractivity contribution < 1.29 is 4.79 Å². The fourth-order valence-corrected chi connectivity index (χ4v) is 3.25. The van der Waals surface area contributed by atoms with Crippen LogP contribution < -0.4 is 5.32 Å². The number of benzene rings is 2. The van der Waals surface area contributed by atoms with E-state index >= 15 is 0 Å². The number of thiazole rings is 1. The van der Waals surface area contributed by atoms with Gasteiger partial charge < -0.3 is 5.32 Å². The van der Waals surface area contributed by atoms with E-state index in [1.165, 1.54) is 11.3 Å². The molecule has 3 rings (SSSR count). The summed E-state index contributed by atoms with van der Waals surface area (Å²) in [5.74, 6) is -0.0624. The van der Waals surface area contributed by atoms with E-state index in [-0.39, 0.29) is 5.91 Å². The summed E-state index contributed by atoms with van der Waals surface area (Å²) in [4.78, 5) is 17.7. The molecule has 0 saturated carbocycles. The highest BCUT2D eigenvalue weighted by Gasteiger charge is 2.12. The summed E-state index contributed by atoms with van der Waals surface area (Å²) in [5, 5.41) is 4.19. The predicted molar refractivity (Wildman–Crippen MR) is 96.1 cm³/mol. The molecular weight excluding hydrogens is 328 g/mol. The van der Waals surface area contributed by atoms with E-state index in [1.807, 2.05) is 61.5 Å². The van der Waals surface area contributed by atoms with Gasteiger partial charge in [-0.25, -0.2) is 4.98 Å². The van der Waals surface area contributed by atoms with Gasteiger partial charge in [0.1, 0.15) is 0 Å². The second-order valence-electron chi connectivity index (χ2n) is 5.14. The highest BCUT2D eigenvalue weighted by atomic mass is 35.5. The van der Waals surface area contributed by atoms with Crippen LogP contribution in [0.5, 0.6) is 0 Å². The summed E-state index contributed by atoms with van der Waals surface area (Å²) < 4.78 is 0. The van der Waals surface area contributed by atoms with Gasteiger partial charge in [0.15, 0.2) is 5.13 Å². The van der Waals surface area contributed by atoms with Crippen molar-refractivity contribution in [3.05, 3.63) is 70.1 Å². The molecule has 0 atom stereocenters. The first-order valence-corrected chi connectivity index (χ1v) is 8.38. The first-order valence-electron chi connectivity index (χ1n) is 7.19. The number of aromatic nitrogens is 1. The average Bonchev–Trinajstić information content (AvgIpc) is 2.89. The zero-order valence-corrected chi connectivity index (χ0v) is 14.1. The molecule has 1 amide bonds. The number of halogens is 1. The van der Waals surface area contributed by atoms with Crippen LogP contribution >= 0.6 is 22.9 Å². The van der Waals surface area contributed by atoms with Gasteiger partial charge in [-0.2, -0.15) is 0 Å². The zero-order chi connectivity index (χ0) is 16.2. The van der Waals surface area contributed by atoms with Gasteiger partial charge in [0.2, 0.25) is 5.91 Å². The lowest BCUT2D eigenvalue weighted by Gasteiger charge is -2.01. The summed E-state index contributed by atoms with van der Waals surface area (Å²) >= 11 is 7.39. The van der Waals surface area contributed by atoms with Crippen LogP contribution in [-0.4, -0.2) is 10.9 Å². The molecule has 1 N–H and O–H groups in total. The molecule has 23 heavy (non-hydrogen) atoms. The third kappa shape index (κ3) is 3.97. The van der Waals surface area contributed by atoms with E-state index in [2.05, 4.69) is 10.3 Å². The molecule has 3 aromatic rings. The molecule has 0 bridgehead atoms. The van der Waals surface area contributed by atoms with Crippen molar-refractivity contribution in [3.8, 4) is 11.3 Å². The standard InChI is InChI=1S/C18H15ClN2OS/c1-12-17(14-7-9-15(19)10-8-14)21-18(23-12)20-16(22)11-13-5-3-2-4-6-13/h2-10H,11H2,1H3,(H,20,21,22). The van der Waals surface area contributed by atoms with Gasteiger partial charge in [0.05, 0.1) is 12.1 Å². The summed E-state index contributed by atoms with van der Waals surface area (Å²) in [7, 11) is 0. The first-order chi connectivity index (χ1) is 11.1. The predicted octanol–water partition coefficient (Wildman–Crippen LogP) is 4.95. The molecule has 0 radical (unpaired) electrons. The second kappa shape index (κ2) is 6.94. The fraction of sp³-hybridized carbons (Fsp3) is 0.111. The monoisotopic (exact) mass is 342 g/mol. The van der Waals surface area contributed by atoms with Crippen molar-refractivity contribution in [2.45, 2.75) is 13.3 Å². The molecule has 0 fully saturated rings. The van der Waals surface area contributed by atoms with E-state index in [0.29, 0.717) is 16.6 Å². The molecule has 2 aromatic carbocycles.